The third-order valence-corrected chi connectivity index (χ3v) is 7.03. The number of hydrogen-bond donors (Lipinski definition) is 0. The highest BCUT2D eigenvalue weighted by atomic mass is 32.2. The third kappa shape index (κ3) is 4.88. The Morgan fingerprint density at radius 2 is 1.87 bits per heavy atom. The molecule has 0 radical (unpaired) electrons. The van der Waals surface area contributed by atoms with Gasteiger partial charge in [-0.1, -0.05) is 12.1 Å². The summed E-state index contributed by atoms with van der Waals surface area (Å²) in [6.07, 6.45) is 2.17. The Morgan fingerprint density at radius 3 is 2.50 bits per heavy atom. The zero-order chi connectivity index (χ0) is 21.1. The van der Waals surface area contributed by atoms with Crippen LogP contribution in [0.25, 0.3) is 11.5 Å². The van der Waals surface area contributed by atoms with Crippen molar-refractivity contribution in [3.8, 4) is 17.2 Å². The van der Waals surface area contributed by atoms with Gasteiger partial charge in [-0.15, -0.1) is 0 Å². The molecule has 0 spiro atoms. The maximum absolute atomic E-state index is 13.2. The van der Waals surface area contributed by atoms with Gasteiger partial charge in [0.05, 0.1) is 24.3 Å². The number of ether oxygens (including phenoxy) is 1. The highest BCUT2D eigenvalue weighted by Crippen LogP contribution is 2.25. The van der Waals surface area contributed by atoms with Crippen LogP contribution < -0.4 is 4.74 Å². The Balaban J connectivity index is 1.54. The van der Waals surface area contributed by atoms with Crippen LogP contribution in [-0.2, 0) is 22.9 Å². The average Bonchev–Trinajstić information content (AvgIpc) is 3.35. The molecule has 1 atom stereocenters. The fraction of sp³-hybridized carbons (Fsp3) is 0.318. The van der Waals surface area contributed by atoms with E-state index in [1.807, 2.05) is 24.3 Å². The van der Waals surface area contributed by atoms with E-state index in [0.29, 0.717) is 36.7 Å². The van der Waals surface area contributed by atoms with Gasteiger partial charge in [0.2, 0.25) is 5.89 Å². The summed E-state index contributed by atoms with van der Waals surface area (Å²) in [4.78, 5) is 6.65. The standard InChI is InChI=1S/C22H23FN2O4S/c1-28-21-8-2-16(3-9-21)12-25(20-10-11-30(26,27)15-20)13-19-14-29-22(24-19)17-4-6-18(23)7-5-17/h2-9,14,20H,10-13,15H2,1H3. The van der Waals surface area contributed by atoms with E-state index in [1.165, 1.54) is 12.1 Å². The van der Waals surface area contributed by atoms with E-state index >= 15 is 0 Å². The zero-order valence-electron chi connectivity index (χ0n) is 16.6. The van der Waals surface area contributed by atoms with Gasteiger partial charge in [-0.05, 0) is 48.4 Å². The molecule has 0 bridgehead atoms. The summed E-state index contributed by atoms with van der Waals surface area (Å²) in [6.45, 7) is 1.04. The van der Waals surface area contributed by atoms with Crippen LogP contribution in [0.1, 0.15) is 17.7 Å². The second-order valence-corrected chi connectivity index (χ2v) is 9.69. The summed E-state index contributed by atoms with van der Waals surface area (Å²) >= 11 is 0. The molecule has 0 amide bonds. The summed E-state index contributed by atoms with van der Waals surface area (Å²) in [5.41, 5.74) is 2.45. The number of methoxy groups -OCH3 is 1. The molecule has 8 heteroatoms. The normalized spacial score (nSPS) is 18.0. The minimum atomic E-state index is -3.02. The molecule has 1 aromatic heterocycles. The van der Waals surface area contributed by atoms with E-state index in [4.69, 9.17) is 9.15 Å². The van der Waals surface area contributed by atoms with Gasteiger partial charge >= 0.3 is 0 Å². The summed E-state index contributed by atoms with van der Waals surface area (Å²) in [5, 5.41) is 0. The van der Waals surface area contributed by atoms with Gasteiger partial charge in [-0.2, -0.15) is 0 Å². The number of hydrogen-bond acceptors (Lipinski definition) is 6. The fourth-order valence-corrected chi connectivity index (χ4v) is 5.42. The number of benzene rings is 2. The molecule has 1 aliphatic rings. The van der Waals surface area contributed by atoms with E-state index in [-0.39, 0.29) is 23.4 Å². The molecule has 0 aliphatic carbocycles. The number of nitrogens with zero attached hydrogens (tertiary/aromatic N) is 2. The smallest absolute Gasteiger partial charge is 0.226 e. The number of oxazole rings is 1. The molecule has 1 aliphatic heterocycles. The van der Waals surface area contributed by atoms with Gasteiger partial charge in [0, 0.05) is 24.7 Å². The van der Waals surface area contributed by atoms with Crippen molar-refractivity contribution in [2.45, 2.75) is 25.6 Å². The molecule has 3 aromatic rings. The lowest BCUT2D eigenvalue weighted by Crippen LogP contribution is -2.35. The number of sulfone groups is 1. The molecule has 1 unspecified atom stereocenters. The zero-order valence-corrected chi connectivity index (χ0v) is 17.4. The summed E-state index contributed by atoms with van der Waals surface area (Å²) < 4.78 is 48.0. The summed E-state index contributed by atoms with van der Waals surface area (Å²) in [5.74, 6) is 1.21. The maximum atomic E-state index is 13.2. The van der Waals surface area contributed by atoms with Crippen LogP contribution in [0.4, 0.5) is 4.39 Å². The molecule has 30 heavy (non-hydrogen) atoms. The Bertz CT molecular complexity index is 1090. The maximum Gasteiger partial charge on any atom is 0.226 e. The molecule has 158 valence electrons. The highest BCUT2D eigenvalue weighted by Gasteiger charge is 2.32. The summed E-state index contributed by atoms with van der Waals surface area (Å²) in [7, 11) is -1.40. The number of aromatic nitrogens is 1. The van der Waals surface area contributed by atoms with Crippen LogP contribution in [-0.4, -0.2) is 43.0 Å². The predicted octanol–water partition coefficient (Wildman–Crippen LogP) is 3.68. The van der Waals surface area contributed by atoms with Crippen molar-refractivity contribution in [1.82, 2.24) is 9.88 Å². The first kappa shape index (κ1) is 20.6. The van der Waals surface area contributed by atoms with Crippen LogP contribution in [0.2, 0.25) is 0 Å². The Kier molecular flexibility index (Phi) is 5.87. The van der Waals surface area contributed by atoms with E-state index in [1.54, 1.807) is 25.5 Å². The van der Waals surface area contributed by atoms with Crippen molar-refractivity contribution in [2.75, 3.05) is 18.6 Å². The van der Waals surface area contributed by atoms with E-state index < -0.39 is 9.84 Å². The van der Waals surface area contributed by atoms with Crippen molar-refractivity contribution < 1.29 is 22.0 Å². The molecule has 0 saturated carbocycles. The molecular formula is C22H23FN2O4S. The fourth-order valence-electron chi connectivity index (χ4n) is 3.66. The minimum Gasteiger partial charge on any atom is -0.497 e. The van der Waals surface area contributed by atoms with Crippen LogP contribution in [0.5, 0.6) is 5.75 Å². The first-order valence-electron chi connectivity index (χ1n) is 9.69. The molecule has 2 aromatic carbocycles. The highest BCUT2D eigenvalue weighted by molar-refractivity contribution is 7.91. The lowest BCUT2D eigenvalue weighted by molar-refractivity contribution is 0.192. The van der Waals surface area contributed by atoms with Crippen molar-refractivity contribution in [3.63, 3.8) is 0 Å². The van der Waals surface area contributed by atoms with Gasteiger partial charge in [-0.3, -0.25) is 4.90 Å². The first-order chi connectivity index (χ1) is 14.4. The summed E-state index contributed by atoms with van der Waals surface area (Å²) in [6, 6.07) is 13.6. The van der Waals surface area contributed by atoms with Crippen LogP contribution in [0.3, 0.4) is 0 Å². The topological polar surface area (TPSA) is 72.6 Å². The van der Waals surface area contributed by atoms with Gasteiger partial charge in [0.25, 0.3) is 0 Å². The number of halogens is 1. The molecule has 2 heterocycles. The van der Waals surface area contributed by atoms with Crippen molar-refractivity contribution in [3.05, 3.63) is 71.9 Å². The quantitative estimate of drug-likeness (QED) is 0.569. The molecule has 6 nitrogen and oxygen atoms in total. The lowest BCUT2D eigenvalue weighted by atomic mass is 10.1. The van der Waals surface area contributed by atoms with Gasteiger partial charge in [0.15, 0.2) is 9.84 Å². The van der Waals surface area contributed by atoms with Gasteiger partial charge in [0.1, 0.15) is 17.8 Å². The van der Waals surface area contributed by atoms with Crippen LogP contribution in [0, 0.1) is 5.82 Å². The average molecular weight is 431 g/mol. The predicted molar refractivity (Wildman–Crippen MR) is 111 cm³/mol. The Morgan fingerprint density at radius 1 is 1.13 bits per heavy atom. The molecule has 4 rings (SSSR count). The third-order valence-electron chi connectivity index (χ3n) is 5.28. The van der Waals surface area contributed by atoms with E-state index in [0.717, 1.165) is 11.3 Å². The van der Waals surface area contributed by atoms with Crippen molar-refractivity contribution in [2.24, 2.45) is 0 Å². The molecular weight excluding hydrogens is 407 g/mol. The Labute approximate surface area is 175 Å². The largest absolute Gasteiger partial charge is 0.497 e. The second-order valence-electron chi connectivity index (χ2n) is 7.46. The molecule has 1 fully saturated rings. The SMILES string of the molecule is COc1ccc(CN(Cc2coc(-c3ccc(F)cc3)n2)C2CCS(=O)(=O)C2)cc1. The van der Waals surface area contributed by atoms with Gasteiger partial charge in [-0.25, -0.2) is 17.8 Å². The minimum absolute atomic E-state index is 0.0805. The van der Waals surface area contributed by atoms with E-state index in [9.17, 15) is 12.8 Å². The first-order valence-corrected chi connectivity index (χ1v) is 11.5. The monoisotopic (exact) mass is 430 g/mol. The lowest BCUT2D eigenvalue weighted by Gasteiger charge is -2.27. The van der Waals surface area contributed by atoms with Crippen molar-refractivity contribution >= 4 is 9.84 Å². The van der Waals surface area contributed by atoms with Crippen LogP contribution in [0.15, 0.2) is 59.2 Å². The second kappa shape index (κ2) is 8.57. The molecule has 0 N–H and O–H groups in total. The van der Waals surface area contributed by atoms with Crippen molar-refractivity contribution in [1.29, 1.82) is 0 Å². The van der Waals surface area contributed by atoms with E-state index in [2.05, 4.69) is 9.88 Å². The molecule has 1 saturated heterocycles. The van der Waals surface area contributed by atoms with Crippen LogP contribution >= 0.6 is 0 Å². The number of rotatable bonds is 7. The Hall–Kier alpha value is -2.71. The van der Waals surface area contributed by atoms with Gasteiger partial charge < -0.3 is 9.15 Å².